The van der Waals surface area contributed by atoms with Gasteiger partial charge in [0.05, 0.1) is 18.9 Å². The number of hydrogen-bond donors (Lipinski definition) is 0. The van der Waals surface area contributed by atoms with E-state index < -0.39 is 0 Å². The van der Waals surface area contributed by atoms with Crippen LogP contribution in [0.4, 0.5) is 0 Å². The molecule has 1 saturated carbocycles. The molecule has 0 bridgehead atoms. The highest BCUT2D eigenvalue weighted by Crippen LogP contribution is 2.46. The van der Waals surface area contributed by atoms with Crippen LogP contribution >= 0.6 is 11.3 Å². The Bertz CT molecular complexity index is 870. The first-order valence-electron chi connectivity index (χ1n) is 9.91. The second-order valence-electron chi connectivity index (χ2n) is 7.30. The molecule has 144 valence electrons. The summed E-state index contributed by atoms with van der Waals surface area (Å²) in [6.45, 7) is 4.38. The molecule has 0 radical (unpaired) electrons. The number of pyridine rings is 1. The number of ether oxygens (including phenoxy) is 2. The fourth-order valence-electron chi connectivity index (χ4n) is 4.47. The van der Waals surface area contributed by atoms with Gasteiger partial charge in [0.15, 0.2) is 0 Å². The summed E-state index contributed by atoms with van der Waals surface area (Å²) < 4.78 is 12.8. The number of aromatic nitrogens is 1. The Labute approximate surface area is 165 Å². The van der Waals surface area contributed by atoms with Crippen molar-refractivity contribution in [3.8, 4) is 11.5 Å². The van der Waals surface area contributed by atoms with Gasteiger partial charge in [0.25, 0.3) is 0 Å². The van der Waals surface area contributed by atoms with Crippen LogP contribution in [0.1, 0.15) is 43.9 Å². The Balaban J connectivity index is 1.78. The molecule has 2 heterocycles. The Kier molecular flexibility index (Phi) is 5.50. The van der Waals surface area contributed by atoms with Gasteiger partial charge >= 0.3 is 0 Å². The predicted octanol–water partition coefficient (Wildman–Crippen LogP) is 5.62. The first kappa shape index (κ1) is 18.5. The van der Waals surface area contributed by atoms with E-state index in [-0.39, 0.29) is 0 Å². The number of hydrogen-bond acceptors (Lipinski definition) is 5. The van der Waals surface area contributed by atoms with Gasteiger partial charge in [0, 0.05) is 46.0 Å². The van der Waals surface area contributed by atoms with Crippen molar-refractivity contribution in [3.05, 3.63) is 29.4 Å². The number of benzene rings is 1. The van der Waals surface area contributed by atoms with Gasteiger partial charge in [-0.2, -0.15) is 0 Å². The normalized spacial score (nSPS) is 15.7. The maximum atomic E-state index is 5.81. The van der Waals surface area contributed by atoms with Gasteiger partial charge in [0.1, 0.15) is 11.5 Å². The van der Waals surface area contributed by atoms with E-state index in [2.05, 4.69) is 22.9 Å². The Morgan fingerprint density at radius 3 is 2.56 bits per heavy atom. The van der Waals surface area contributed by atoms with E-state index in [4.69, 9.17) is 9.47 Å². The van der Waals surface area contributed by atoms with E-state index in [1.807, 2.05) is 29.8 Å². The van der Waals surface area contributed by atoms with Crippen LogP contribution in [0.15, 0.2) is 24.5 Å². The van der Waals surface area contributed by atoms with E-state index >= 15 is 0 Å². The van der Waals surface area contributed by atoms with Crippen molar-refractivity contribution < 1.29 is 9.47 Å². The minimum atomic E-state index is 0.723. The standard InChI is InChI=1S/C22H28N2O2S/c1-4-24(15-8-6-5-7-9-15)14-16-12-18-20(25-2)19-13-23-11-10-17(19)21(26-3)22(18)27-16/h10-13,15H,4-9,14H2,1-3H3. The van der Waals surface area contributed by atoms with Gasteiger partial charge in [-0.25, -0.2) is 0 Å². The molecule has 0 amide bonds. The van der Waals surface area contributed by atoms with Crippen molar-refractivity contribution in [2.75, 3.05) is 20.8 Å². The molecule has 2 aromatic heterocycles. The monoisotopic (exact) mass is 384 g/mol. The molecule has 4 nitrogen and oxygen atoms in total. The van der Waals surface area contributed by atoms with Crippen LogP contribution in [0.25, 0.3) is 20.9 Å². The minimum Gasteiger partial charge on any atom is -0.495 e. The molecule has 1 aromatic carbocycles. The van der Waals surface area contributed by atoms with Gasteiger partial charge in [0.2, 0.25) is 0 Å². The lowest BCUT2D eigenvalue weighted by Gasteiger charge is -2.33. The molecule has 5 heteroatoms. The van der Waals surface area contributed by atoms with Crippen LogP contribution in [0.5, 0.6) is 11.5 Å². The van der Waals surface area contributed by atoms with E-state index in [0.717, 1.165) is 46.8 Å². The van der Waals surface area contributed by atoms with Crippen molar-refractivity contribution in [2.24, 2.45) is 0 Å². The summed E-state index contributed by atoms with van der Waals surface area (Å²) in [5, 5.41) is 3.20. The van der Waals surface area contributed by atoms with Crippen molar-refractivity contribution in [1.82, 2.24) is 9.88 Å². The summed E-state index contributed by atoms with van der Waals surface area (Å²) >= 11 is 1.83. The molecule has 4 rings (SSSR count). The average molecular weight is 385 g/mol. The quantitative estimate of drug-likeness (QED) is 0.552. The predicted molar refractivity (Wildman–Crippen MR) is 113 cm³/mol. The molecule has 1 aliphatic rings. The molecule has 0 saturated heterocycles. The van der Waals surface area contributed by atoms with Crippen LogP contribution < -0.4 is 9.47 Å². The van der Waals surface area contributed by atoms with Gasteiger partial charge < -0.3 is 9.47 Å². The average Bonchev–Trinajstić information content (AvgIpc) is 3.13. The SMILES string of the molecule is CCN(Cc1cc2c(OC)c3cnccc3c(OC)c2s1)C1CCCCC1. The third-order valence-corrected chi connectivity index (χ3v) is 6.93. The largest absolute Gasteiger partial charge is 0.495 e. The van der Waals surface area contributed by atoms with Crippen molar-refractivity contribution in [1.29, 1.82) is 0 Å². The van der Waals surface area contributed by atoms with E-state index in [0.29, 0.717) is 0 Å². The fraction of sp³-hybridized carbons (Fsp3) is 0.500. The molecule has 0 aliphatic heterocycles. The lowest BCUT2D eigenvalue weighted by molar-refractivity contribution is 0.157. The molecule has 1 aliphatic carbocycles. The van der Waals surface area contributed by atoms with E-state index in [9.17, 15) is 0 Å². The lowest BCUT2D eigenvalue weighted by Crippen LogP contribution is -2.35. The smallest absolute Gasteiger partial charge is 0.144 e. The summed E-state index contributed by atoms with van der Waals surface area (Å²) in [6.07, 6.45) is 10.5. The second-order valence-corrected chi connectivity index (χ2v) is 8.43. The summed E-state index contributed by atoms with van der Waals surface area (Å²) in [7, 11) is 3.49. The van der Waals surface area contributed by atoms with E-state index in [1.54, 1.807) is 14.2 Å². The Hall–Kier alpha value is -1.85. The molecule has 27 heavy (non-hydrogen) atoms. The van der Waals surface area contributed by atoms with Crippen molar-refractivity contribution in [3.63, 3.8) is 0 Å². The number of nitrogens with zero attached hydrogens (tertiary/aromatic N) is 2. The number of rotatable bonds is 6. The maximum Gasteiger partial charge on any atom is 0.144 e. The minimum absolute atomic E-state index is 0.723. The molecule has 0 unspecified atom stereocenters. The lowest BCUT2D eigenvalue weighted by atomic mass is 9.94. The zero-order valence-corrected chi connectivity index (χ0v) is 17.3. The molecule has 3 aromatic rings. The van der Waals surface area contributed by atoms with Gasteiger partial charge in [-0.05, 0) is 31.5 Å². The third kappa shape index (κ3) is 3.39. The van der Waals surface area contributed by atoms with Gasteiger partial charge in [-0.15, -0.1) is 11.3 Å². The Morgan fingerprint density at radius 2 is 1.85 bits per heavy atom. The van der Waals surface area contributed by atoms with Crippen LogP contribution in [0.3, 0.4) is 0 Å². The second kappa shape index (κ2) is 8.03. The molecule has 0 N–H and O–H groups in total. The fourth-order valence-corrected chi connectivity index (χ4v) is 5.68. The molecule has 0 spiro atoms. The van der Waals surface area contributed by atoms with Crippen LogP contribution in [-0.4, -0.2) is 36.7 Å². The first-order chi connectivity index (χ1) is 13.3. The Morgan fingerprint density at radius 1 is 1.07 bits per heavy atom. The number of fused-ring (bicyclic) bond motifs is 2. The topological polar surface area (TPSA) is 34.6 Å². The number of thiophene rings is 1. The summed E-state index contributed by atoms with van der Waals surface area (Å²) in [5.74, 6) is 1.83. The summed E-state index contributed by atoms with van der Waals surface area (Å²) in [6, 6.07) is 5.02. The molecular formula is C22H28N2O2S. The molecular weight excluding hydrogens is 356 g/mol. The van der Waals surface area contributed by atoms with Crippen LogP contribution in [0.2, 0.25) is 0 Å². The molecule has 0 atom stereocenters. The highest BCUT2D eigenvalue weighted by atomic mass is 32.1. The van der Waals surface area contributed by atoms with E-state index in [1.165, 1.54) is 41.7 Å². The van der Waals surface area contributed by atoms with Gasteiger partial charge in [-0.3, -0.25) is 9.88 Å². The van der Waals surface area contributed by atoms with Crippen LogP contribution in [0, 0.1) is 0 Å². The maximum absolute atomic E-state index is 5.81. The van der Waals surface area contributed by atoms with Gasteiger partial charge in [-0.1, -0.05) is 26.2 Å². The third-order valence-electron chi connectivity index (χ3n) is 5.81. The highest BCUT2D eigenvalue weighted by molar-refractivity contribution is 7.19. The summed E-state index contributed by atoms with van der Waals surface area (Å²) in [5.41, 5.74) is 0. The molecule has 1 fully saturated rings. The first-order valence-corrected chi connectivity index (χ1v) is 10.7. The zero-order chi connectivity index (χ0) is 18.8. The summed E-state index contributed by atoms with van der Waals surface area (Å²) in [4.78, 5) is 8.31. The highest BCUT2D eigenvalue weighted by Gasteiger charge is 2.23. The number of methoxy groups -OCH3 is 2. The zero-order valence-electron chi connectivity index (χ0n) is 16.5. The van der Waals surface area contributed by atoms with Crippen molar-refractivity contribution in [2.45, 2.75) is 51.6 Å². The van der Waals surface area contributed by atoms with Crippen LogP contribution in [-0.2, 0) is 6.54 Å². The van der Waals surface area contributed by atoms with Crippen molar-refractivity contribution >= 4 is 32.2 Å².